The quantitative estimate of drug-likeness (QED) is 0.762. The third kappa shape index (κ3) is 4.22. The highest BCUT2D eigenvalue weighted by atomic mass is 32.2. The number of carbonyl (C=O) groups is 1. The van der Waals surface area contributed by atoms with Gasteiger partial charge in [-0.1, -0.05) is 25.6 Å². The number of aliphatic imine (C=N–C) groups is 1. The highest BCUT2D eigenvalue weighted by Crippen LogP contribution is 2.28. The van der Waals surface area contributed by atoms with Crippen LogP contribution >= 0.6 is 11.8 Å². The molecule has 1 heterocycles. The van der Waals surface area contributed by atoms with Crippen LogP contribution in [0, 0.1) is 0 Å². The Morgan fingerprint density at radius 2 is 2.18 bits per heavy atom. The number of thioether (sulfide) groups is 1. The summed E-state index contributed by atoms with van der Waals surface area (Å²) in [5.41, 5.74) is 0.217. The molecule has 0 spiro atoms. The van der Waals surface area contributed by atoms with Gasteiger partial charge in [-0.25, -0.2) is 0 Å². The number of rotatable bonds is 6. The molecule has 1 fully saturated rings. The zero-order valence-corrected chi connectivity index (χ0v) is 11.8. The van der Waals surface area contributed by atoms with Gasteiger partial charge in [0.2, 0.25) is 5.91 Å². The first-order valence-corrected chi connectivity index (χ1v) is 7.36. The fourth-order valence-corrected chi connectivity index (χ4v) is 3.13. The molecule has 0 aromatic rings. The first-order valence-electron chi connectivity index (χ1n) is 6.38. The zero-order chi connectivity index (χ0) is 12.7. The van der Waals surface area contributed by atoms with E-state index in [9.17, 15) is 4.79 Å². The highest BCUT2D eigenvalue weighted by molar-refractivity contribution is 8.14. The van der Waals surface area contributed by atoms with Crippen LogP contribution in [0.1, 0.15) is 40.0 Å². The monoisotopic (exact) mass is 257 g/mol. The molecule has 0 bridgehead atoms. The minimum Gasteiger partial charge on any atom is -0.359 e. The smallest absolute Gasteiger partial charge is 0.221 e. The third-order valence-corrected chi connectivity index (χ3v) is 4.38. The fraction of sp³-hybridized carbons (Fsp3) is 0.833. The van der Waals surface area contributed by atoms with Gasteiger partial charge in [0.25, 0.3) is 0 Å². The van der Waals surface area contributed by atoms with Gasteiger partial charge in [-0.3, -0.25) is 9.79 Å². The Morgan fingerprint density at radius 3 is 2.71 bits per heavy atom. The van der Waals surface area contributed by atoms with Gasteiger partial charge in [-0.05, 0) is 19.8 Å². The van der Waals surface area contributed by atoms with Crippen LogP contribution in [0.2, 0.25) is 0 Å². The van der Waals surface area contributed by atoms with Crippen LogP contribution in [-0.2, 0) is 4.79 Å². The lowest BCUT2D eigenvalue weighted by atomic mass is 9.96. The van der Waals surface area contributed by atoms with Gasteiger partial charge >= 0.3 is 0 Å². The van der Waals surface area contributed by atoms with E-state index < -0.39 is 0 Å². The third-order valence-electron chi connectivity index (χ3n) is 3.18. The number of hydrogen-bond acceptors (Lipinski definition) is 3. The van der Waals surface area contributed by atoms with E-state index in [1.165, 1.54) is 0 Å². The van der Waals surface area contributed by atoms with Crippen LogP contribution in [-0.4, -0.2) is 35.5 Å². The summed E-state index contributed by atoms with van der Waals surface area (Å²) in [6, 6.07) is 0. The lowest BCUT2D eigenvalue weighted by molar-refractivity contribution is -0.120. The SMILES string of the molecule is CCNC(=O)CCN=C1NC(CC)(CC)CS1. The second-order valence-electron chi connectivity index (χ2n) is 4.29. The first kappa shape index (κ1) is 14.4. The van der Waals surface area contributed by atoms with E-state index in [1.807, 2.05) is 6.92 Å². The molecule has 0 aliphatic carbocycles. The largest absolute Gasteiger partial charge is 0.359 e. The molecule has 4 nitrogen and oxygen atoms in total. The molecule has 0 aromatic heterocycles. The Morgan fingerprint density at radius 1 is 1.47 bits per heavy atom. The molecule has 1 aliphatic rings. The molecule has 1 rings (SSSR count). The van der Waals surface area contributed by atoms with Crippen molar-refractivity contribution in [3.8, 4) is 0 Å². The van der Waals surface area contributed by atoms with Crippen LogP contribution in [0.3, 0.4) is 0 Å². The van der Waals surface area contributed by atoms with Gasteiger partial charge in [-0.2, -0.15) is 0 Å². The second kappa shape index (κ2) is 6.89. The minimum atomic E-state index is 0.0806. The van der Waals surface area contributed by atoms with Crippen LogP contribution in [0.15, 0.2) is 4.99 Å². The van der Waals surface area contributed by atoms with E-state index in [2.05, 4.69) is 29.5 Å². The van der Waals surface area contributed by atoms with E-state index in [4.69, 9.17) is 0 Å². The number of nitrogens with one attached hydrogen (secondary N) is 2. The maximum atomic E-state index is 11.2. The van der Waals surface area contributed by atoms with Crippen molar-refractivity contribution in [2.45, 2.75) is 45.6 Å². The summed E-state index contributed by atoms with van der Waals surface area (Å²) < 4.78 is 0. The van der Waals surface area contributed by atoms with Crippen LogP contribution in [0.5, 0.6) is 0 Å². The van der Waals surface area contributed by atoms with Gasteiger partial charge in [0, 0.05) is 24.3 Å². The topological polar surface area (TPSA) is 53.5 Å². The average Bonchev–Trinajstić information content (AvgIpc) is 2.74. The average molecular weight is 257 g/mol. The Kier molecular flexibility index (Phi) is 5.82. The van der Waals surface area contributed by atoms with Crippen molar-refractivity contribution in [3.05, 3.63) is 0 Å². The lowest BCUT2D eigenvalue weighted by Crippen LogP contribution is -2.42. The van der Waals surface area contributed by atoms with Crippen LogP contribution in [0.25, 0.3) is 0 Å². The molecule has 0 aromatic carbocycles. The molecule has 1 aliphatic heterocycles. The molecule has 98 valence electrons. The number of amidine groups is 1. The normalized spacial score (nSPS) is 20.3. The van der Waals surface area contributed by atoms with Crippen molar-refractivity contribution in [2.75, 3.05) is 18.8 Å². The summed E-state index contributed by atoms with van der Waals surface area (Å²) >= 11 is 1.77. The second-order valence-corrected chi connectivity index (χ2v) is 5.26. The van der Waals surface area contributed by atoms with Crippen LogP contribution in [0.4, 0.5) is 0 Å². The predicted molar refractivity (Wildman–Crippen MR) is 74.5 cm³/mol. The van der Waals surface area contributed by atoms with Gasteiger partial charge in [-0.15, -0.1) is 0 Å². The van der Waals surface area contributed by atoms with E-state index in [0.29, 0.717) is 19.5 Å². The molecule has 1 saturated heterocycles. The van der Waals surface area contributed by atoms with E-state index in [0.717, 1.165) is 23.8 Å². The minimum absolute atomic E-state index is 0.0806. The number of carbonyl (C=O) groups excluding carboxylic acids is 1. The van der Waals surface area contributed by atoms with Crippen molar-refractivity contribution >= 4 is 22.8 Å². The lowest BCUT2D eigenvalue weighted by Gasteiger charge is -2.25. The Balaban J connectivity index is 2.35. The maximum absolute atomic E-state index is 11.2. The fourth-order valence-electron chi connectivity index (χ4n) is 1.77. The van der Waals surface area contributed by atoms with Crippen molar-refractivity contribution in [3.63, 3.8) is 0 Å². The number of amides is 1. The van der Waals surface area contributed by atoms with Gasteiger partial charge < -0.3 is 10.6 Å². The Labute approximate surface area is 108 Å². The molecule has 2 N–H and O–H groups in total. The van der Waals surface area contributed by atoms with E-state index in [1.54, 1.807) is 11.8 Å². The number of nitrogens with zero attached hydrogens (tertiary/aromatic N) is 1. The standard InChI is InChI=1S/C12H23N3OS/c1-4-12(5-2)9-17-11(15-12)14-8-7-10(16)13-6-3/h4-9H2,1-3H3,(H,13,16)(H,14,15). The van der Waals surface area contributed by atoms with Crippen molar-refractivity contribution in [2.24, 2.45) is 4.99 Å². The molecule has 0 atom stereocenters. The molecule has 17 heavy (non-hydrogen) atoms. The Bertz CT molecular complexity index is 287. The molecular weight excluding hydrogens is 234 g/mol. The van der Waals surface area contributed by atoms with Gasteiger partial charge in [0.1, 0.15) is 0 Å². The van der Waals surface area contributed by atoms with Gasteiger partial charge in [0.15, 0.2) is 5.17 Å². The molecule has 0 unspecified atom stereocenters. The zero-order valence-electron chi connectivity index (χ0n) is 11.0. The van der Waals surface area contributed by atoms with Crippen molar-refractivity contribution in [1.82, 2.24) is 10.6 Å². The molecule has 0 radical (unpaired) electrons. The summed E-state index contributed by atoms with van der Waals surface area (Å²) in [6.45, 7) is 7.60. The molecule has 5 heteroatoms. The van der Waals surface area contributed by atoms with E-state index >= 15 is 0 Å². The first-order chi connectivity index (χ1) is 8.15. The summed E-state index contributed by atoms with van der Waals surface area (Å²) in [5.74, 6) is 1.16. The number of hydrogen-bond donors (Lipinski definition) is 2. The molecule has 0 saturated carbocycles. The van der Waals surface area contributed by atoms with E-state index in [-0.39, 0.29) is 11.4 Å². The summed E-state index contributed by atoms with van der Waals surface area (Å²) in [7, 11) is 0. The van der Waals surface area contributed by atoms with Crippen LogP contribution < -0.4 is 10.6 Å². The van der Waals surface area contributed by atoms with Crippen molar-refractivity contribution in [1.29, 1.82) is 0 Å². The van der Waals surface area contributed by atoms with Crippen molar-refractivity contribution < 1.29 is 4.79 Å². The Hall–Kier alpha value is -0.710. The maximum Gasteiger partial charge on any atom is 0.221 e. The predicted octanol–water partition coefficient (Wildman–Crippen LogP) is 1.76. The molecule has 1 amide bonds. The molecular formula is C12H23N3OS. The highest BCUT2D eigenvalue weighted by Gasteiger charge is 2.33. The van der Waals surface area contributed by atoms with Gasteiger partial charge in [0.05, 0.1) is 6.54 Å². The summed E-state index contributed by atoms with van der Waals surface area (Å²) in [5, 5.41) is 7.26. The summed E-state index contributed by atoms with van der Waals surface area (Å²) in [4.78, 5) is 15.7. The summed E-state index contributed by atoms with van der Waals surface area (Å²) in [6.07, 6.45) is 2.71.